The van der Waals surface area contributed by atoms with Gasteiger partial charge in [0.1, 0.15) is 5.41 Å². The number of carbonyl (C=O) groups excluding carboxylic acids is 2. The number of carbonyl (C=O) groups is 2. The second-order valence-electron chi connectivity index (χ2n) is 6.73. The molecule has 0 unspecified atom stereocenters. The van der Waals surface area contributed by atoms with E-state index in [9.17, 15) is 9.59 Å². The normalized spacial score (nSPS) is 19.8. The zero-order chi connectivity index (χ0) is 16.4. The quantitative estimate of drug-likeness (QED) is 0.811. The molecule has 23 heavy (non-hydrogen) atoms. The van der Waals surface area contributed by atoms with Gasteiger partial charge >= 0.3 is 0 Å². The average Bonchev–Trinajstić information content (AvgIpc) is 3.34. The molecule has 0 radical (unpaired) electrons. The van der Waals surface area contributed by atoms with E-state index in [1.807, 2.05) is 30.0 Å². The highest BCUT2D eigenvalue weighted by Crippen LogP contribution is 2.48. The van der Waals surface area contributed by atoms with Crippen molar-refractivity contribution in [3.05, 3.63) is 28.2 Å². The van der Waals surface area contributed by atoms with Gasteiger partial charge in [-0.05, 0) is 66.2 Å². The fourth-order valence-electron chi connectivity index (χ4n) is 3.20. The van der Waals surface area contributed by atoms with Crippen LogP contribution in [0.2, 0.25) is 0 Å². The molecule has 1 aromatic rings. The van der Waals surface area contributed by atoms with Gasteiger partial charge in [0.15, 0.2) is 0 Å². The second kappa shape index (κ2) is 6.63. The summed E-state index contributed by atoms with van der Waals surface area (Å²) >= 11 is 3.48. The minimum absolute atomic E-state index is 0.0279. The Hall–Kier alpha value is -1.36. The van der Waals surface area contributed by atoms with Crippen LogP contribution in [-0.2, 0) is 9.59 Å². The Kier molecular flexibility index (Phi) is 4.76. The van der Waals surface area contributed by atoms with Gasteiger partial charge in [0.05, 0.1) is 5.69 Å². The molecule has 2 fully saturated rings. The molecule has 2 amide bonds. The molecule has 1 heterocycles. The number of rotatable bonds is 3. The summed E-state index contributed by atoms with van der Waals surface area (Å²) in [7, 11) is 0. The van der Waals surface area contributed by atoms with E-state index in [0.717, 1.165) is 41.7 Å². The first kappa shape index (κ1) is 16.5. The summed E-state index contributed by atoms with van der Waals surface area (Å²) in [6.45, 7) is 3.59. The van der Waals surface area contributed by atoms with Gasteiger partial charge in [-0.2, -0.15) is 0 Å². The maximum atomic E-state index is 12.9. The number of aryl methyl sites for hydroxylation is 1. The van der Waals surface area contributed by atoms with Gasteiger partial charge in [0, 0.05) is 17.6 Å². The molecule has 1 aliphatic heterocycles. The van der Waals surface area contributed by atoms with Crippen LogP contribution >= 0.6 is 15.9 Å². The van der Waals surface area contributed by atoms with Crippen molar-refractivity contribution in [2.75, 3.05) is 18.4 Å². The predicted molar refractivity (Wildman–Crippen MR) is 94.2 cm³/mol. The van der Waals surface area contributed by atoms with Crippen molar-refractivity contribution in [1.82, 2.24) is 4.90 Å². The lowest BCUT2D eigenvalue weighted by Crippen LogP contribution is -2.43. The molecule has 124 valence electrons. The average molecular weight is 379 g/mol. The first-order valence-corrected chi connectivity index (χ1v) is 9.19. The van der Waals surface area contributed by atoms with Gasteiger partial charge in [-0.25, -0.2) is 0 Å². The molecule has 1 aromatic carbocycles. The van der Waals surface area contributed by atoms with E-state index >= 15 is 0 Å². The maximum absolute atomic E-state index is 12.9. The van der Waals surface area contributed by atoms with Crippen LogP contribution in [0.5, 0.6) is 0 Å². The highest BCUT2D eigenvalue weighted by Gasteiger charge is 2.58. The smallest absolute Gasteiger partial charge is 0.240 e. The number of nitrogens with one attached hydrogen (secondary N) is 1. The molecule has 0 spiro atoms. The SMILES string of the molecule is Cc1ccc(NC(=O)C2(C(=O)N3CCCCCC3)CC2)c(Br)c1. The zero-order valence-corrected chi connectivity index (χ0v) is 15.1. The summed E-state index contributed by atoms with van der Waals surface area (Å²) in [5.74, 6) is -0.128. The lowest BCUT2D eigenvalue weighted by atomic mass is 10.0. The van der Waals surface area contributed by atoms with Crippen LogP contribution < -0.4 is 5.32 Å². The number of likely N-dealkylation sites (tertiary alicyclic amines) is 1. The first-order chi connectivity index (χ1) is 11.0. The molecule has 1 saturated heterocycles. The molecule has 0 bridgehead atoms. The van der Waals surface area contributed by atoms with Crippen LogP contribution in [0.4, 0.5) is 5.69 Å². The first-order valence-electron chi connectivity index (χ1n) is 8.40. The molecule has 4 nitrogen and oxygen atoms in total. The van der Waals surface area contributed by atoms with E-state index in [1.165, 1.54) is 12.8 Å². The van der Waals surface area contributed by atoms with E-state index in [1.54, 1.807) is 0 Å². The predicted octanol–water partition coefficient (Wildman–Crippen LogP) is 3.88. The monoisotopic (exact) mass is 378 g/mol. The fraction of sp³-hybridized carbons (Fsp3) is 0.556. The molecule has 1 N–H and O–H groups in total. The van der Waals surface area contributed by atoms with Gasteiger partial charge in [-0.1, -0.05) is 18.9 Å². The summed E-state index contributed by atoms with van der Waals surface area (Å²) < 4.78 is 0.851. The highest BCUT2D eigenvalue weighted by atomic mass is 79.9. The third-order valence-electron chi connectivity index (χ3n) is 4.86. The van der Waals surface area contributed by atoms with Crippen LogP contribution in [0.1, 0.15) is 44.1 Å². The van der Waals surface area contributed by atoms with Crippen LogP contribution in [0.15, 0.2) is 22.7 Å². The van der Waals surface area contributed by atoms with Gasteiger partial charge < -0.3 is 10.2 Å². The van der Waals surface area contributed by atoms with E-state index in [-0.39, 0.29) is 11.8 Å². The number of hydrogen-bond acceptors (Lipinski definition) is 2. The van der Waals surface area contributed by atoms with E-state index < -0.39 is 5.41 Å². The number of benzene rings is 1. The molecular weight excluding hydrogens is 356 g/mol. The van der Waals surface area contributed by atoms with Crippen LogP contribution in [0, 0.1) is 12.3 Å². The Morgan fingerprint density at radius 1 is 1.13 bits per heavy atom. The van der Waals surface area contributed by atoms with Gasteiger partial charge in [-0.15, -0.1) is 0 Å². The molecular formula is C18H23BrN2O2. The molecule has 5 heteroatoms. The van der Waals surface area contributed by atoms with E-state index in [4.69, 9.17) is 0 Å². The van der Waals surface area contributed by atoms with Crippen LogP contribution in [0.25, 0.3) is 0 Å². The Labute approximate surface area is 145 Å². The Morgan fingerprint density at radius 3 is 2.35 bits per heavy atom. The van der Waals surface area contributed by atoms with Crippen molar-refractivity contribution in [2.45, 2.75) is 45.4 Å². The molecule has 3 rings (SSSR count). The Balaban J connectivity index is 1.71. The zero-order valence-electron chi connectivity index (χ0n) is 13.5. The lowest BCUT2D eigenvalue weighted by Gasteiger charge is -2.25. The summed E-state index contributed by atoms with van der Waals surface area (Å²) in [5, 5.41) is 2.94. The Bertz CT molecular complexity index is 617. The van der Waals surface area contributed by atoms with Crippen molar-refractivity contribution in [2.24, 2.45) is 5.41 Å². The van der Waals surface area contributed by atoms with E-state index in [0.29, 0.717) is 12.8 Å². The third-order valence-corrected chi connectivity index (χ3v) is 5.52. The Morgan fingerprint density at radius 2 is 1.78 bits per heavy atom. The van der Waals surface area contributed by atoms with Crippen molar-refractivity contribution in [3.63, 3.8) is 0 Å². The van der Waals surface area contributed by atoms with Crippen molar-refractivity contribution in [3.8, 4) is 0 Å². The van der Waals surface area contributed by atoms with Gasteiger partial charge in [0.25, 0.3) is 0 Å². The lowest BCUT2D eigenvalue weighted by molar-refractivity contribution is -0.142. The second-order valence-corrected chi connectivity index (χ2v) is 7.58. The fourth-order valence-corrected chi connectivity index (χ4v) is 3.80. The summed E-state index contributed by atoms with van der Waals surface area (Å²) in [4.78, 5) is 27.5. The van der Waals surface area contributed by atoms with Crippen molar-refractivity contribution in [1.29, 1.82) is 0 Å². The van der Waals surface area contributed by atoms with E-state index in [2.05, 4.69) is 21.2 Å². The van der Waals surface area contributed by atoms with Crippen molar-refractivity contribution >= 4 is 33.4 Å². The minimum atomic E-state index is -0.825. The minimum Gasteiger partial charge on any atom is -0.342 e. The number of nitrogens with zero attached hydrogens (tertiary/aromatic N) is 1. The summed E-state index contributed by atoms with van der Waals surface area (Å²) in [5.41, 5.74) is 1.03. The van der Waals surface area contributed by atoms with Crippen LogP contribution in [-0.4, -0.2) is 29.8 Å². The number of hydrogen-bond donors (Lipinski definition) is 1. The van der Waals surface area contributed by atoms with Gasteiger partial charge in [-0.3, -0.25) is 9.59 Å². The number of anilines is 1. The maximum Gasteiger partial charge on any atom is 0.240 e. The summed E-state index contributed by atoms with van der Waals surface area (Å²) in [6, 6.07) is 5.80. The van der Waals surface area contributed by atoms with Gasteiger partial charge in [0.2, 0.25) is 11.8 Å². The standard InChI is InChI=1S/C18H23BrN2O2/c1-13-6-7-15(14(19)12-13)20-16(22)18(8-9-18)17(23)21-10-4-2-3-5-11-21/h6-7,12H,2-5,8-11H2,1H3,(H,20,22). The van der Waals surface area contributed by atoms with Crippen molar-refractivity contribution < 1.29 is 9.59 Å². The molecule has 2 aliphatic rings. The number of amides is 2. The molecule has 0 aromatic heterocycles. The third kappa shape index (κ3) is 3.44. The highest BCUT2D eigenvalue weighted by molar-refractivity contribution is 9.10. The largest absolute Gasteiger partial charge is 0.342 e. The summed E-state index contributed by atoms with van der Waals surface area (Å²) in [6.07, 6.45) is 5.79. The molecule has 0 atom stereocenters. The molecule has 1 saturated carbocycles. The molecule has 1 aliphatic carbocycles. The van der Waals surface area contributed by atoms with Crippen LogP contribution in [0.3, 0.4) is 0 Å². The number of halogens is 1. The topological polar surface area (TPSA) is 49.4 Å².